The van der Waals surface area contributed by atoms with Gasteiger partial charge >= 0.3 is 0 Å². The molecule has 1 aromatic rings. The van der Waals surface area contributed by atoms with E-state index in [0.29, 0.717) is 0 Å². The fourth-order valence-electron chi connectivity index (χ4n) is 1.91. The van der Waals surface area contributed by atoms with E-state index in [2.05, 4.69) is 17.9 Å². The number of hydrogen-bond donors (Lipinski definition) is 0. The summed E-state index contributed by atoms with van der Waals surface area (Å²) in [6.45, 7) is 6.73. The second-order valence-electron chi connectivity index (χ2n) is 3.69. The Morgan fingerprint density at radius 1 is 1.38 bits per heavy atom. The van der Waals surface area contributed by atoms with Gasteiger partial charge in [-0.3, -0.25) is 4.90 Å². The maximum Gasteiger partial charge on any atom is 0.128 e. The molecular weight excluding hydrogens is 165 g/mol. The molecule has 0 radical (unpaired) electrons. The number of halogens is 1. The molecule has 1 heterocycles. The van der Waals surface area contributed by atoms with Crippen LogP contribution in [0.25, 0.3) is 0 Å². The molecule has 2 heteroatoms. The third kappa shape index (κ3) is 1.46. The third-order valence-electron chi connectivity index (χ3n) is 2.66. The summed E-state index contributed by atoms with van der Waals surface area (Å²) >= 11 is 0. The molecule has 0 bridgehead atoms. The summed E-state index contributed by atoms with van der Waals surface area (Å²) in [6, 6.07) is 3.71. The summed E-state index contributed by atoms with van der Waals surface area (Å²) in [5, 5.41) is 0. The highest BCUT2D eigenvalue weighted by atomic mass is 19.1. The van der Waals surface area contributed by atoms with Gasteiger partial charge < -0.3 is 0 Å². The molecule has 0 aliphatic carbocycles. The van der Waals surface area contributed by atoms with E-state index in [0.717, 1.165) is 30.8 Å². The highest BCUT2D eigenvalue weighted by molar-refractivity contribution is 5.35. The largest absolute Gasteiger partial charge is 0.295 e. The van der Waals surface area contributed by atoms with E-state index in [9.17, 15) is 4.39 Å². The van der Waals surface area contributed by atoms with Gasteiger partial charge in [0.1, 0.15) is 5.82 Å². The van der Waals surface area contributed by atoms with Crippen molar-refractivity contribution in [3.8, 4) is 0 Å². The van der Waals surface area contributed by atoms with Gasteiger partial charge in [-0.05, 0) is 30.7 Å². The van der Waals surface area contributed by atoms with Crippen LogP contribution in [-0.4, -0.2) is 11.4 Å². The van der Waals surface area contributed by atoms with Crippen LogP contribution >= 0.6 is 0 Å². The van der Waals surface area contributed by atoms with E-state index in [1.54, 1.807) is 6.07 Å². The maximum absolute atomic E-state index is 13.4. The zero-order chi connectivity index (χ0) is 9.42. The fourth-order valence-corrected chi connectivity index (χ4v) is 1.91. The second-order valence-corrected chi connectivity index (χ2v) is 3.69. The zero-order valence-corrected chi connectivity index (χ0v) is 8.10. The summed E-state index contributed by atoms with van der Waals surface area (Å²) in [6.07, 6.45) is 0. The van der Waals surface area contributed by atoms with Crippen LogP contribution in [0.1, 0.15) is 23.6 Å². The lowest BCUT2D eigenvalue weighted by molar-refractivity contribution is 0.298. The highest BCUT2D eigenvalue weighted by Crippen LogP contribution is 2.25. The molecule has 0 N–H and O–H groups in total. The molecule has 1 aromatic carbocycles. The number of nitrogens with zero attached hydrogens (tertiary/aromatic N) is 1. The van der Waals surface area contributed by atoms with Crippen molar-refractivity contribution >= 4 is 0 Å². The lowest BCUT2D eigenvalue weighted by Gasteiger charge is -2.09. The Balaban J connectivity index is 2.40. The molecule has 0 atom stereocenters. The fraction of sp³-hybridized carbons (Fsp3) is 0.455. The Kier molecular flexibility index (Phi) is 2.08. The summed E-state index contributed by atoms with van der Waals surface area (Å²) in [5.41, 5.74) is 3.08. The molecule has 0 saturated heterocycles. The predicted octanol–water partition coefficient (Wildman–Crippen LogP) is 2.47. The van der Waals surface area contributed by atoms with Crippen molar-refractivity contribution in [3.05, 3.63) is 34.6 Å². The number of aryl methyl sites for hydroxylation is 1. The number of rotatable bonds is 1. The molecule has 0 unspecified atom stereocenters. The van der Waals surface area contributed by atoms with Gasteiger partial charge in [0.2, 0.25) is 0 Å². The van der Waals surface area contributed by atoms with E-state index < -0.39 is 0 Å². The van der Waals surface area contributed by atoms with Crippen LogP contribution in [0.2, 0.25) is 0 Å². The normalized spacial score (nSPS) is 16.2. The van der Waals surface area contributed by atoms with Crippen LogP contribution in [-0.2, 0) is 13.1 Å². The van der Waals surface area contributed by atoms with Crippen molar-refractivity contribution in [2.75, 3.05) is 6.54 Å². The molecule has 0 aromatic heterocycles. The first-order chi connectivity index (χ1) is 6.20. The molecule has 0 saturated carbocycles. The lowest BCUT2D eigenvalue weighted by Crippen LogP contribution is -2.14. The summed E-state index contributed by atoms with van der Waals surface area (Å²) in [4.78, 5) is 2.24. The van der Waals surface area contributed by atoms with Crippen molar-refractivity contribution in [2.24, 2.45) is 0 Å². The van der Waals surface area contributed by atoms with E-state index in [1.807, 2.05) is 6.92 Å². The molecule has 0 spiro atoms. The van der Waals surface area contributed by atoms with Crippen molar-refractivity contribution in [1.29, 1.82) is 0 Å². The van der Waals surface area contributed by atoms with Gasteiger partial charge in [-0.1, -0.05) is 13.0 Å². The molecule has 1 nitrogen and oxygen atoms in total. The summed E-state index contributed by atoms with van der Waals surface area (Å²) in [5.74, 6) is -0.0362. The van der Waals surface area contributed by atoms with Gasteiger partial charge in [-0.2, -0.15) is 0 Å². The molecule has 13 heavy (non-hydrogen) atoms. The average Bonchev–Trinajstić information content (AvgIpc) is 2.47. The van der Waals surface area contributed by atoms with E-state index in [-0.39, 0.29) is 5.82 Å². The molecule has 0 amide bonds. The van der Waals surface area contributed by atoms with Gasteiger partial charge in [0.25, 0.3) is 0 Å². The first-order valence-electron chi connectivity index (χ1n) is 4.71. The van der Waals surface area contributed by atoms with E-state index >= 15 is 0 Å². The van der Waals surface area contributed by atoms with Crippen LogP contribution in [0.5, 0.6) is 0 Å². The average molecular weight is 179 g/mol. The van der Waals surface area contributed by atoms with Crippen molar-refractivity contribution in [2.45, 2.75) is 26.9 Å². The first kappa shape index (κ1) is 8.70. The summed E-state index contributed by atoms with van der Waals surface area (Å²) < 4.78 is 13.4. The van der Waals surface area contributed by atoms with Gasteiger partial charge in [0, 0.05) is 18.7 Å². The predicted molar refractivity (Wildman–Crippen MR) is 50.9 cm³/mol. The SMILES string of the molecule is CCN1Cc2cc(C)cc(F)c2C1. The Hall–Kier alpha value is -0.890. The quantitative estimate of drug-likeness (QED) is 0.640. The van der Waals surface area contributed by atoms with Gasteiger partial charge in [0.15, 0.2) is 0 Å². The Bertz CT molecular complexity index is 333. The van der Waals surface area contributed by atoms with Crippen LogP contribution in [0.15, 0.2) is 12.1 Å². The van der Waals surface area contributed by atoms with Gasteiger partial charge in [-0.25, -0.2) is 4.39 Å². The number of fused-ring (bicyclic) bond motifs is 1. The zero-order valence-electron chi connectivity index (χ0n) is 8.10. The number of hydrogen-bond acceptors (Lipinski definition) is 1. The lowest BCUT2D eigenvalue weighted by atomic mass is 10.1. The van der Waals surface area contributed by atoms with Crippen molar-refractivity contribution in [3.63, 3.8) is 0 Å². The van der Waals surface area contributed by atoms with Crippen LogP contribution in [0.3, 0.4) is 0 Å². The molecule has 1 aliphatic rings. The molecule has 70 valence electrons. The van der Waals surface area contributed by atoms with Crippen molar-refractivity contribution in [1.82, 2.24) is 4.90 Å². The Morgan fingerprint density at radius 2 is 2.15 bits per heavy atom. The topological polar surface area (TPSA) is 3.24 Å². The second kappa shape index (κ2) is 3.11. The van der Waals surface area contributed by atoms with E-state index in [4.69, 9.17) is 0 Å². The highest BCUT2D eigenvalue weighted by Gasteiger charge is 2.20. The molecule has 2 rings (SSSR count). The monoisotopic (exact) mass is 179 g/mol. The number of benzene rings is 1. The van der Waals surface area contributed by atoms with Crippen molar-refractivity contribution < 1.29 is 4.39 Å². The maximum atomic E-state index is 13.4. The van der Waals surface area contributed by atoms with Crippen LogP contribution < -0.4 is 0 Å². The Morgan fingerprint density at radius 3 is 2.85 bits per heavy atom. The minimum atomic E-state index is -0.0362. The molecule has 0 fully saturated rings. The Labute approximate surface area is 78.2 Å². The third-order valence-corrected chi connectivity index (χ3v) is 2.66. The molecule has 1 aliphatic heterocycles. The van der Waals surface area contributed by atoms with Gasteiger partial charge in [0.05, 0.1) is 0 Å². The van der Waals surface area contributed by atoms with Crippen LogP contribution in [0.4, 0.5) is 4.39 Å². The minimum Gasteiger partial charge on any atom is -0.295 e. The first-order valence-corrected chi connectivity index (χ1v) is 4.71. The smallest absolute Gasteiger partial charge is 0.128 e. The van der Waals surface area contributed by atoms with E-state index in [1.165, 1.54) is 5.56 Å². The van der Waals surface area contributed by atoms with Crippen LogP contribution in [0, 0.1) is 12.7 Å². The minimum absolute atomic E-state index is 0.0362. The summed E-state index contributed by atoms with van der Waals surface area (Å²) in [7, 11) is 0. The standard InChI is InChI=1S/C11H14FN/c1-3-13-6-9-4-8(2)5-11(12)10(9)7-13/h4-5H,3,6-7H2,1-2H3. The van der Waals surface area contributed by atoms with Gasteiger partial charge in [-0.15, -0.1) is 0 Å². The molecular formula is C11H14FN.